The molecular weight excluding hydrogens is 288 g/mol. The molecule has 0 saturated heterocycles. The lowest BCUT2D eigenvalue weighted by Crippen LogP contribution is -2.14. The molecule has 0 aliphatic heterocycles. The number of rotatable bonds is 5. The van der Waals surface area contributed by atoms with Crippen LogP contribution in [0.2, 0.25) is 5.15 Å². The molecule has 0 aliphatic rings. The molecule has 0 saturated carbocycles. The van der Waals surface area contributed by atoms with E-state index < -0.39 is 0 Å². The van der Waals surface area contributed by atoms with Gasteiger partial charge in [-0.1, -0.05) is 29.8 Å². The van der Waals surface area contributed by atoms with E-state index in [9.17, 15) is 4.79 Å². The van der Waals surface area contributed by atoms with Gasteiger partial charge >= 0.3 is 0 Å². The van der Waals surface area contributed by atoms with Crippen LogP contribution in [0, 0.1) is 6.92 Å². The number of hydrogen-bond donors (Lipinski definition) is 1. The number of aromatic nitrogens is 1. The summed E-state index contributed by atoms with van der Waals surface area (Å²) in [4.78, 5) is 16.4. The van der Waals surface area contributed by atoms with Crippen LogP contribution >= 0.6 is 11.6 Å². The lowest BCUT2D eigenvalue weighted by atomic mass is 10.1. The quantitative estimate of drug-likeness (QED) is 0.860. The third-order valence-corrected chi connectivity index (χ3v) is 3.22. The number of carbonyl (C=O) groups excluding carboxylic acids is 1. The molecule has 1 heterocycles. The van der Waals surface area contributed by atoms with E-state index in [1.54, 1.807) is 26.2 Å². The van der Waals surface area contributed by atoms with E-state index >= 15 is 0 Å². The van der Waals surface area contributed by atoms with Crippen LogP contribution in [0.1, 0.15) is 21.6 Å². The zero-order chi connectivity index (χ0) is 15.2. The van der Waals surface area contributed by atoms with Gasteiger partial charge in [-0.05, 0) is 37.1 Å². The summed E-state index contributed by atoms with van der Waals surface area (Å²) in [5, 5.41) is 3.22. The monoisotopic (exact) mass is 304 g/mol. The topological polar surface area (TPSA) is 51.2 Å². The summed E-state index contributed by atoms with van der Waals surface area (Å²) in [5.41, 5.74) is 3.02. The first-order chi connectivity index (χ1) is 10.1. The first kappa shape index (κ1) is 15.5. The number of methoxy groups -OCH3 is 1. The summed E-state index contributed by atoms with van der Waals surface area (Å²) in [6.45, 7) is 2.41. The molecule has 1 aromatic heterocycles. The van der Waals surface area contributed by atoms with Crippen LogP contribution < -0.4 is 5.32 Å². The summed E-state index contributed by atoms with van der Waals surface area (Å²) < 4.78 is 5.08. The molecule has 1 aromatic carbocycles. The number of aryl methyl sites for hydroxylation is 1. The molecule has 5 heteroatoms. The number of anilines is 1. The zero-order valence-electron chi connectivity index (χ0n) is 12.0. The SMILES string of the molecule is COCCc1ccccc1NC(=O)c1cc(C)nc(Cl)c1. The Bertz CT molecular complexity index is 624. The number of nitrogens with one attached hydrogen (secondary N) is 1. The first-order valence-electron chi connectivity index (χ1n) is 6.62. The molecule has 0 fully saturated rings. The van der Waals surface area contributed by atoms with Crippen LogP contribution in [0.15, 0.2) is 36.4 Å². The molecule has 0 spiro atoms. The molecule has 4 nitrogen and oxygen atoms in total. The predicted molar refractivity (Wildman–Crippen MR) is 84.0 cm³/mol. The van der Waals surface area contributed by atoms with Gasteiger partial charge in [0, 0.05) is 24.1 Å². The second-order valence-electron chi connectivity index (χ2n) is 4.67. The molecule has 0 aliphatic carbocycles. The normalized spacial score (nSPS) is 10.4. The van der Waals surface area contributed by atoms with Crippen LogP contribution in [-0.2, 0) is 11.2 Å². The Hall–Kier alpha value is -1.91. The van der Waals surface area contributed by atoms with E-state index in [1.165, 1.54) is 0 Å². The fourth-order valence-electron chi connectivity index (χ4n) is 2.03. The fourth-order valence-corrected chi connectivity index (χ4v) is 2.28. The summed E-state index contributed by atoms with van der Waals surface area (Å²) >= 11 is 5.89. The van der Waals surface area contributed by atoms with Gasteiger partial charge in [0.1, 0.15) is 5.15 Å². The molecule has 0 atom stereocenters. The Morgan fingerprint density at radius 2 is 2.10 bits per heavy atom. The Labute approximate surface area is 129 Å². The number of pyridine rings is 1. The molecule has 1 N–H and O–H groups in total. The lowest BCUT2D eigenvalue weighted by Gasteiger charge is -2.11. The van der Waals surface area contributed by atoms with E-state index in [0.717, 1.165) is 17.7 Å². The smallest absolute Gasteiger partial charge is 0.255 e. The number of para-hydroxylation sites is 1. The van der Waals surface area contributed by atoms with Crippen LogP contribution in [0.4, 0.5) is 5.69 Å². The van der Waals surface area contributed by atoms with Gasteiger partial charge in [0.15, 0.2) is 0 Å². The fraction of sp³-hybridized carbons (Fsp3) is 0.250. The van der Waals surface area contributed by atoms with E-state index in [2.05, 4.69) is 10.3 Å². The Morgan fingerprint density at radius 1 is 1.33 bits per heavy atom. The molecule has 0 bridgehead atoms. The van der Waals surface area contributed by atoms with Gasteiger partial charge in [-0.3, -0.25) is 4.79 Å². The van der Waals surface area contributed by atoms with E-state index in [4.69, 9.17) is 16.3 Å². The highest BCUT2D eigenvalue weighted by atomic mass is 35.5. The van der Waals surface area contributed by atoms with Crippen LogP contribution in [0.3, 0.4) is 0 Å². The highest BCUT2D eigenvalue weighted by Crippen LogP contribution is 2.18. The van der Waals surface area contributed by atoms with Crippen LogP contribution in [-0.4, -0.2) is 24.6 Å². The van der Waals surface area contributed by atoms with Gasteiger partial charge in [-0.2, -0.15) is 0 Å². The number of nitrogens with zero attached hydrogens (tertiary/aromatic N) is 1. The number of ether oxygens (including phenoxy) is 1. The number of halogens is 1. The van der Waals surface area contributed by atoms with Crippen molar-refractivity contribution >= 4 is 23.2 Å². The number of benzene rings is 1. The van der Waals surface area contributed by atoms with Gasteiger partial charge in [0.25, 0.3) is 5.91 Å². The molecule has 0 radical (unpaired) electrons. The Morgan fingerprint density at radius 3 is 2.81 bits per heavy atom. The van der Waals surface area contributed by atoms with Gasteiger partial charge < -0.3 is 10.1 Å². The maximum Gasteiger partial charge on any atom is 0.255 e. The predicted octanol–water partition coefficient (Wildman–Crippen LogP) is 3.48. The third kappa shape index (κ3) is 4.28. The maximum absolute atomic E-state index is 12.3. The van der Waals surface area contributed by atoms with Crippen molar-refractivity contribution in [1.82, 2.24) is 4.98 Å². The van der Waals surface area contributed by atoms with Crippen molar-refractivity contribution in [3.05, 3.63) is 58.4 Å². The molecule has 110 valence electrons. The average Bonchev–Trinajstić information content (AvgIpc) is 2.45. The van der Waals surface area contributed by atoms with Crippen LogP contribution in [0.5, 0.6) is 0 Å². The molecule has 1 amide bonds. The minimum atomic E-state index is -0.202. The molecule has 21 heavy (non-hydrogen) atoms. The van der Waals surface area contributed by atoms with Gasteiger partial charge in [0.2, 0.25) is 0 Å². The number of carbonyl (C=O) groups is 1. The van der Waals surface area contributed by atoms with Gasteiger partial charge in [0.05, 0.1) is 6.61 Å². The lowest BCUT2D eigenvalue weighted by molar-refractivity contribution is 0.102. The average molecular weight is 305 g/mol. The largest absolute Gasteiger partial charge is 0.384 e. The van der Waals surface area contributed by atoms with Crippen LogP contribution in [0.25, 0.3) is 0 Å². The highest BCUT2D eigenvalue weighted by molar-refractivity contribution is 6.29. The molecule has 2 rings (SSSR count). The minimum Gasteiger partial charge on any atom is -0.384 e. The van der Waals surface area contributed by atoms with Gasteiger partial charge in [-0.15, -0.1) is 0 Å². The van der Waals surface area contributed by atoms with Crippen molar-refractivity contribution < 1.29 is 9.53 Å². The van der Waals surface area contributed by atoms with Crippen molar-refractivity contribution in [2.45, 2.75) is 13.3 Å². The van der Waals surface area contributed by atoms with Gasteiger partial charge in [-0.25, -0.2) is 4.98 Å². The zero-order valence-corrected chi connectivity index (χ0v) is 12.8. The standard InChI is InChI=1S/C16H17ClN2O2/c1-11-9-13(10-15(17)18-11)16(20)19-14-6-4-3-5-12(14)7-8-21-2/h3-6,9-10H,7-8H2,1-2H3,(H,19,20). The van der Waals surface area contributed by atoms with E-state index in [1.807, 2.05) is 24.3 Å². The maximum atomic E-state index is 12.3. The summed E-state index contributed by atoms with van der Waals surface area (Å²) in [6.07, 6.45) is 0.739. The molecule has 2 aromatic rings. The highest BCUT2D eigenvalue weighted by Gasteiger charge is 2.10. The summed E-state index contributed by atoms with van der Waals surface area (Å²) in [5.74, 6) is -0.202. The van der Waals surface area contributed by atoms with E-state index in [0.29, 0.717) is 23.0 Å². The van der Waals surface area contributed by atoms with Crippen molar-refractivity contribution in [3.8, 4) is 0 Å². The van der Waals surface area contributed by atoms with Crippen molar-refractivity contribution in [1.29, 1.82) is 0 Å². The Kier molecular flexibility index (Phi) is 5.31. The molecule has 0 unspecified atom stereocenters. The van der Waals surface area contributed by atoms with Crippen molar-refractivity contribution in [3.63, 3.8) is 0 Å². The number of hydrogen-bond acceptors (Lipinski definition) is 3. The second-order valence-corrected chi connectivity index (χ2v) is 5.06. The number of amides is 1. The second kappa shape index (κ2) is 7.20. The molecular formula is C16H17ClN2O2. The third-order valence-electron chi connectivity index (χ3n) is 3.03. The minimum absolute atomic E-state index is 0.202. The van der Waals surface area contributed by atoms with E-state index in [-0.39, 0.29) is 5.91 Å². The Balaban J connectivity index is 2.19. The first-order valence-corrected chi connectivity index (χ1v) is 7.00. The van der Waals surface area contributed by atoms with Crippen molar-refractivity contribution in [2.75, 3.05) is 19.0 Å². The summed E-state index contributed by atoms with van der Waals surface area (Å²) in [7, 11) is 1.66. The summed E-state index contributed by atoms with van der Waals surface area (Å²) in [6, 6.07) is 10.9. The van der Waals surface area contributed by atoms with Crippen molar-refractivity contribution in [2.24, 2.45) is 0 Å².